The summed E-state index contributed by atoms with van der Waals surface area (Å²) >= 11 is 0. The van der Waals surface area contributed by atoms with Crippen LogP contribution >= 0.6 is 0 Å². The first-order valence-corrected chi connectivity index (χ1v) is 34.8. The van der Waals surface area contributed by atoms with Gasteiger partial charge in [-0.15, -0.1) is 0 Å². The van der Waals surface area contributed by atoms with E-state index < -0.39 is 68.7 Å². The number of aliphatic hydroxyl groups is 2. The number of rotatable bonds is 26. The Balaban J connectivity index is 0.000000219. The first kappa shape index (κ1) is 70.3. The molecule has 6 N–H and O–H groups in total. The summed E-state index contributed by atoms with van der Waals surface area (Å²) in [6.07, 6.45) is -2.09. The van der Waals surface area contributed by atoms with E-state index in [1.165, 1.54) is 32.9 Å². The van der Waals surface area contributed by atoms with Gasteiger partial charge in [-0.25, -0.2) is 26.4 Å². The zero-order valence-electron chi connectivity index (χ0n) is 54.4. The van der Waals surface area contributed by atoms with E-state index in [1.54, 1.807) is 18.3 Å². The third kappa shape index (κ3) is 17.1. The van der Waals surface area contributed by atoms with Gasteiger partial charge in [-0.3, -0.25) is 9.59 Å². The second kappa shape index (κ2) is 31.1. The Bertz CT molecular complexity index is 3580. The minimum Gasteiger partial charge on any atom is -0.443 e. The lowest BCUT2D eigenvalue weighted by Gasteiger charge is -2.31. The number of aliphatic hydroxyl groups excluding tert-OH is 2. The molecule has 6 heterocycles. The molecule has 0 aliphatic carbocycles. The first-order valence-electron chi connectivity index (χ1n) is 32.0. The molecule has 0 spiro atoms. The molecule has 4 fully saturated rings. The van der Waals surface area contributed by atoms with Crippen LogP contribution < -0.4 is 21.3 Å². The molecule has 4 aromatic rings. The molecule has 4 saturated heterocycles. The summed E-state index contributed by atoms with van der Waals surface area (Å²) in [5.74, 6) is -0.831. The molecular formula is C67H90N8O16S2. The highest BCUT2D eigenvalue weighted by Gasteiger charge is 2.46. The number of nitrogens with zero attached hydrogens (tertiary/aromatic N) is 4. The normalized spacial score (nSPS) is 22.9. The number of carbonyl (C=O) groups excluding carboxylic acids is 4. The fraction of sp³-hybridized carbons (Fsp3) is 0.522. The second-order valence-corrected chi connectivity index (χ2v) is 29.2. The lowest BCUT2D eigenvalue weighted by atomic mass is 10.0. The number of fused-ring (bicyclic) bond motifs is 4. The van der Waals surface area contributed by atoms with Crippen molar-refractivity contribution in [2.45, 2.75) is 133 Å². The van der Waals surface area contributed by atoms with Crippen molar-refractivity contribution in [1.29, 1.82) is 0 Å². The number of hydrogen-bond donors (Lipinski definition) is 6. The van der Waals surface area contributed by atoms with Crippen molar-refractivity contribution >= 4 is 66.6 Å². The largest absolute Gasteiger partial charge is 0.443 e. The Morgan fingerprint density at radius 2 is 1.06 bits per heavy atom. The number of nitrogens with one attached hydrogen (secondary N) is 4. The maximum Gasteiger partial charge on any atom is 0.407 e. The standard InChI is InChI=1S/C34H46N4O8S.C33H44N4O8S/c1-6-37(5)22(4)31-26-17-24(12-13-27(26)35-32(31)40)47(42,43)38(18-21(2)3)19-29(39)28(16-23-10-8-7-9-11-23)36-34(41)46-30-20-45-33-25(30)14-15-44-33;1-5-36(4)18-26-25-16-23(11-12-27(25)34-31(26)39)46(41,42)37(17-21(2)3)19-29(38)28(15-22-9-7-6-8-10-22)35-33(40)45-30-20-44-32-24(30)13-14-43-32/h7-13,17,21,25,28-30,33,39H,6,14-16,18-20H2,1-5H3,(H,35,40)(H,36,41);6-12,16,18,21,24,28-30,32,38H,5,13-15,17,19-20H2,1-4H3,(H,34,39)(H,35,40). The number of anilines is 2. The number of sulfonamides is 2. The third-order valence-corrected chi connectivity index (χ3v) is 21.2. The van der Waals surface area contributed by atoms with E-state index in [1.807, 2.05) is 133 Å². The smallest absolute Gasteiger partial charge is 0.407 e. The first-order chi connectivity index (χ1) is 44.3. The molecule has 26 heteroatoms. The molecule has 6 aliphatic heterocycles. The van der Waals surface area contributed by atoms with Gasteiger partial charge < -0.3 is 69.7 Å². The van der Waals surface area contributed by atoms with E-state index in [2.05, 4.69) is 21.3 Å². The lowest BCUT2D eigenvalue weighted by Crippen LogP contribution is -2.51. The molecule has 93 heavy (non-hydrogen) atoms. The Labute approximate surface area is 546 Å². The average molecular weight is 1330 g/mol. The predicted octanol–water partition coefficient (Wildman–Crippen LogP) is 6.47. The molecule has 0 bridgehead atoms. The molecule has 10 rings (SSSR count). The Kier molecular flexibility index (Phi) is 23.5. The number of hydrogen-bond acceptors (Lipinski definition) is 18. The van der Waals surface area contributed by atoms with Gasteiger partial charge in [0.2, 0.25) is 20.0 Å². The number of benzene rings is 4. The lowest BCUT2D eigenvalue weighted by molar-refractivity contribution is -0.111. The number of amides is 4. The molecule has 6 aliphatic rings. The van der Waals surface area contributed by atoms with Crippen LogP contribution in [0.15, 0.2) is 119 Å². The number of carbonyl (C=O) groups is 4. The fourth-order valence-corrected chi connectivity index (χ4v) is 15.5. The highest BCUT2D eigenvalue weighted by Crippen LogP contribution is 2.39. The van der Waals surface area contributed by atoms with Crippen molar-refractivity contribution < 1.29 is 74.6 Å². The summed E-state index contributed by atoms with van der Waals surface area (Å²) in [6.45, 7) is 15.9. The van der Waals surface area contributed by atoms with Gasteiger partial charge in [0, 0.05) is 87.8 Å². The van der Waals surface area contributed by atoms with Gasteiger partial charge in [-0.2, -0.15) is 8.61 Å². The van der Waals surface area contributed by atoms with E-state index in [0.29, 0.717) is 60.0 Å². The number of allylic oxidation sites excluding steroid dienone is 1. The van der Waals surface area contributed by atoms with Crippen LogP contribution in [-0.2, 0) is 70.9 Å². The van der Waals surface area contributed by atoms with Crippen LogP contribution in [0.5, 0.6) is 0 Å². The van der Waals surface area contributed by atoms with Gasteiger partial charge in [0.25, 0.3) is 11.8 Å². The SMILES string of the molecule is CCN(C)C(C)=C1C(=O)Nc2ccc(S(=O)(=O)N(CC(C)C)CC(O)C(Cc3ccccc3)NC(=O)OC3COC4OCCC34)cc21.CCN(C)C=C1C(=O)Nc2ccc(S(=O)(=O)N(CC(C)C)CC(O)C(Cc3ccccc3)NC(=O)OC3COC4OCCC34)cc21. The van der Waals surface area contributed by atoms with Gasteiger partial charge in [0.1, 0.15) is 12.2 Å². The summed E-state index contributed by atoms with van der Waals surface area (Å²) in [6, 6.07) is 26.1. The van der Waals surface area contributed by atoms with Crippen LogP contribution in [0.4, 0.5) is 21.0 Å². The minimum atomic E-state index is -4.14. The molecule has 0 aromatic heterocycles. The zero-order chi connectivity index (χ0) is 66.9. The van der Waals surface area contributed by atoms with E-state index in [-0.39, 0.29) is 110 Å². The Morgan fingerprint density at radius 3 is 1.51 bits per heavy atom. The van der Waals surface area contributed by atoms with Crippen molar-refractivity contribution in [1.82, 2.24) is 29.0 Å². The summed E-state index contributed by atoms with van der Waals surface area (Å²) < 4.78 is 92.9. The van der Waals surface area contributed by atoms with Gasteiger partial charge >= 0.3 is 12.2 Å². The van der Waals surface area contributed by atoms with Crippen molar-refractivity contribution in [3.63, 3.8) is 0 Å². The van der Waals surface area contributed by atoms with Crippen LogP contribution in [-0.4, -0.2) is 198 Å². The van der Waals surface area contributed by atoms with Crippen molar-refractivity contribution in [2.24, 2.45) is 23.7 Å². The van der Waals surface area contributed by atoms with Gasteiger partial charge in [-0.1, -0.05) is 88.4 Å². The van der Waals surface area contributed by atoms with Crippen LogP contribution in [0.1, 0.15) is 83.6 Å². The van der Waals surface area contributed by atoms with Crippen molar-refractivity contribution in [2.75, 3.05) is 90.4 Å². The number of alkyl carbamates (subject to hydrolysis) is 2. The summed E-state index contributed by atoms with van der Waals surface area (Å²) in [5.41, 5.74) is 5.31. The second-order valence-electron chi connectivity index (χ2n) is 25.3. The highest BCUT2D eigenvalue weighted by atomic mass is 32.2. The summed E-state index contributed by atoms with van der Waals surface area (Å²) in [7, 11) is -4.57. The minimum absolute atomic E-state index is 0.00204. The third-order valence-electron chi connectivity index (χ3n) is 17.6. The van der Waals surface area contributed by atoms with E-state index >= 15 is 0 Å². The van der Waals surface area contributed by atoms with Gasteiger partial charge in [0.15, 0.2) is 12.6 Å². The van der Waals surface area contributed by atoms with Gasteiger partial charge in [0.05, 0.1) is 83.5 Å². The summed E-state index contributed by atoms with van der Waals surface area (Å²) in [5, 5.41) is 34.5. The van der Waals surface area contributed by atoms with Gasteiger partial charge in [-0.05, 0) is 106 Å². The Hall–Kier alpha value is -6.98. The maximum atomic E-state index is 14.2. The zero-order valence-corrected chi connectivity index (χ0v) is 56.0. The van der Waals surface area contributed by atoms with Crippen LogP contribution in [0.3, 0.4) is 0 Å². The topological polar surface area (TPSA) is 293 Å². The molecular weight excluding hydrogens is 1240 g/mol. The highest BCUT2D eigenvalue weighted by molar-refractivity contribution is 7.89. The average Bonchev–Trinajstić information content (AvgIpc) is 1.75. The molecule has 4 amide bonds. The van der Waals surface area contributed by atoms with E-state index in [0.717, 1.165) is 29.7 Å². The van der Waals surface area contributed by atoms with Crippen LogP contribution in [0.2, 0.25) is 0 Å². The molecule has 10 unspecified atom stereocenters. The summed E-state index contributed by atoms with van der Waals surface area (Å²) in [4.78, 5) is 55.7. The predicted molar refractivity (Wildman–Crippen MR) is 349 cm³/mol. The molecule has 0 saturated carbocycles. The fourth-order valence-electron chi connectivity index (χ4n) is 12.2. The number of ether oxygens (including phenoxy) is 6. The monoisotopic (exact) mass is 1330 g/mol. The molecule has 10 atom stereocenters. The van der Waals surface area contributed by atoms with E-state index in [4.69, 9.17) is 28.4 Å². The Morgan fingerprint density at radius 1 is 0.624 bits per heavy atom. The van der Waals surface area contributed by atoms with Crippen molar-refractivity contribution in [3.8, 4) is 0 Å². The molecule has 24 nitrogen and oxygen atoms in total. The van der Waals surface area contributed by atoms with Crippen LogP contribution in [0.25, 0.3) is 11.1 Å². The molecule has 4 aromatic carbocycles. The quantitative estimate of drug-likeness (QED) is 0.0367. The van der Waals surface area contributed by atoms with Crippen LogP contribution in [0, 0.1) is 23.7 Å². The molecule has 506 valence electrons. The molecule has 0 radical (unpaired) electrons. The maximum absolute atomic E-state index is 14.2. The van der Waals surface area contributed by atoms with Crippen molar-refractivity contribution in [3.05, 3.63) is 131 Å². The van der Waals surface area contributed by atoms with E-state index in [9.17, 15) is 46.2 Å².